The van der Waals surface area contributed by atoms with Crippen LogP contribution in [0.15, 0.2) is 36.5 Å². The van der Waals surface area contributed by atoms with E-state index < -0.39 is 11.7 Å². The van der Waals surface area contributed by atoms with Crippen LogP contribution < -0.4 is 11.1 Å². The van der Waals surface area contributed by atoms with Crippen LogP contribution in [-0.2, 0) is 0 Å². The number of carbonyl (C=O) groups is 1. The lowest BCUT2D eigenvalue weighted by atomic mass is 10.1. The van der Waals surface area contributed by atoms with Crippen molar-refractivity contribution in [2.75, 3.05) is 11.9 Å². The van der Waals surface area contributed by atoms with E-state index in [1.165, 1.54) is 12.1 Å². The van der Waals surface area contributed by atoms with Crippen LogP contribution in [0.4, 0.5) is 10.1 Å². The fourth-order valence-corrected chi connectivity index (χ4v) is 1.71. The predicted molar refractivity (Wildman–Crippen MR) is 79.3 cm³/mol. The second kappa shape index (κ2) is 6.64. The molecule has 0 saturated heterocycles. The molecule has 1 amide bonds. The van der Waals surface area contributed by atoms with E-state index in [0.717, 1.165) is 11.8 Å². The Labute approximate surface area is 122 Å². The molecule has 0 saturated carbocycles. The molecule has 0 bridgehead atoms. The average molecular weight is 283 g/mol. The zero-order valence-corrected chi connectivity index (χ0v) is 11.5. The van der Waals surface area contributed by atoms with Gasteiger partial charge in [0.2, 0.25) is 0 Å². The molecule has 0 radical (unpaired) electrons. The summed E-state index contributed by atoms with van der Waals surface area (Å²) in [4.78, 5) is 15.8. The maximum atomic E-state index is 12.8. The van der Waals surface area contributed by atoms with E-state index in [1.54, 1.807) is 6.07 Å². The summed E-state index contributed by atoms with van der Waals surface area (Å²) in [5.41, 5.74) is 7.76. The van der Waals surface area contributed by atoms with Crippen LogP contribution in [0.5, 0.6) is 0 Å². The van der Waals surface area contributed by atoms with Gasteiger partial charge in [0.05, 0.1) is 18.4 Å². The molecule has 3 N–H and O–H groups in total. The quantitative estimate of drug-likeness (QED) is 0.829. The molecule has 0 spiro atoms. The minimum Gasteiger partial charge on any atom is -0.320 e. The first-order chi connectivity index (χ1) is 10.1. The Hall–Kier alpha value is -2.71. The van der Waals surface area contributed by atoms with Gasteiger partial charge in [-0.05, 0) is 36.8 Å². The van der Waals surface area contributed by atoms with Gasteiger partial charge in [-0.2, -0.15) is 0 Å². The zero-order chi connectivity index (χ0) is 15.2. The third-order valence-electron chi connectivity index (χ3n) is 2.71. The third kappa shape index (κ3) is 3.88. The van der Waals surface area contributed by atoms with Gasteiger partial charge in [0.1, 0.15) is 11.5 Å². The Morgan fingerprint density at radius 3 is 2.86 bits per heavy atom. The maximum absolute atomic E-state index is 12.8. The smallest absolute Gasteiger partial charge is 0.274 e. The second-order valence-electron chi connectivity index (χ2n) is 4.37. The number of amides is 1. The number of nitrogens with two attached hydrogens (primary N) is 1. The number of hydrogen-bond acceptors (Lipinski definition) is 3. The van der Waals surface area contributed by atoms with E-state index in [1.807, 2.05) is 19.1 Å². The Balaban J connectivity index is 2.26. The van der Waals surface area contributed by atoms with Gasteiger partial charge in [-0.1, -0.05) is 17.9 Å². The predicted octanol–water partition coefficient (Wildman–Crippen LogP) is 2.09. The Morgan fingerprint density at radius 1 is 1.38 bits per heavy atom. The van der Waals surface area contributed by atoms with Crippen molar-refractivity contribution >= 4 is 11.6 Å². The van der Waals surface area contributed by atoms with Gasteiger partial charge in [-0.25, -0.2) is 9.37 Å². The van der Waals surface area contributed by atoms with Crippen LogP contribution in [0.25, 0.3) is 0 Å². The topological polar surface area (TPSA) is 68.0 Å². The van der Waals surface area contributed by atoms with Crippen molar-refractivity contribution < 1.29 is 9.18 Å². The summed E-state index contributed by atoms with van der Waals surface area (Å²) >= 11 is 0. The Morgan fingerprint density at radius 2 is 2.19 bits per heavy atom. The summed E-state index contributed by atoms with van der Waals surface area (Å²) in [6, 6.07) is 7.99. The number of rotatable bonds is 2. The monoisotopic (exact) mass is 283 g/mol. The third-order valence-corrected chi connectivity index (χ3v) is 2.71. The van der Waals surface area contributed by atoms with Crippen LogP contribution in [-0.4, -0.2) is 17.4 Å². The summed E-state index contributed by atoms with van der Waals surface area (Å²) < 4.78 is 12.8. The molecule has 106 valence electrons. The lowest BCUT2D eigenvalue weighted by Gasteiger charge is -2.08. The molecule has 0 unspecified atom stereocenters. The SMILES string of the molecule is Cc1ccc(NC(=O)c2ccc(F)cn2)c(C#CCN)c1. The maximum Gasteiger partial charge on any atom is 0.274 e. The van der Waals surface area contributed by atoms with Crippen molar-refractivity contribution in [3.8, 4) is 11.8 Å². The van der Waals surface area contributed by atoms with Crippen LogP contribution in [0.2, 0.25) is 0 Å². The average Bonchev–Trinajstić information content (AvgIpc) is 2.48. The fourth-order valence-electron chi connectivity index (χ4n) is 1.71. The number of aromatic nitrogens is 1. The number of nitrogens with one attached hydrogen (secondary N) is 1. The van der Waals surface area contributed by atoms with E-state index in [9.17, 15) is 9.18 Å². The molecule has 5 heteroatoms. The van der Waals surface area contributed by atoms with Crippen molar-refractivity contribution in [3.63, 3.8) is 0 Å². The fraction of sp³-hybridized carbons (Fsp3) is 0.125. The molecule has 0 aliphatic rings. The normalized spacial score (nSPS) is 9.67. The van der Waals surface area contributed by atoms with E-state index in [4.69, 9.17) is 5.73 Å². The first-order valence-electron chi connectivity index (χ1n) is 6.32. The van der Waals surface area contributed by atoms with Crippen LogP contribution in [0.3, 0.4) is 0 Å². The molecule has 0 atom stereocenters. The number of nitrogens with zero attached hydrogens (tertiary/aromatic N) is 1. The van der Waals surface area contributed by atoms with E-state index in [2.05, 4.69) is 22.1 Å². The van der Waals surface area contributed by atoms with Crippen LogP contribution in [0, 0.1) is 24.6 Å². The van der Waals surface area contributed by atoms with Gasteiger partial charge in [0.15, 0.2) is 0 Å². The molecule has 1 aromatic heterocycles. The lowest BCUT2D eigenvalue weighted by molar-refractivity contribution is 0.102. The van der Waals surface area contributed by atoms with Gasteiger partial charge < -0.3 is 11.1 Å². The largest absolute Gasteiger partial charge is 0.320 e. The van der Waals surface area contributed by atoms with Gasteiger partial charge in [-0.15, -0.1) is 0 Å². The molecule has 0 aliphatic heterocycles. The molecule has 0 fully saturated rings. The molecular weight excluding hydrogens is 269 g/mol. The number of anilines is 1. The number of halogens is 1. The minimum atomic E-state index is -0.489. The first kappa shape index (κ1) is 14.7. The molecule has 1 aromatic carbocycles. The standard InChI is InChI=1S/C16H14FN3O/c1-11-4-6-14(12(9-11)3-2-8-18)20-16(21)15-7-5-13(17)10-19-15/h4-7,9-10H,8,18H2,1H3,(H,20,21). The van der Waals surface area contributed by atoms with Gasteiger partial charge in [0.25, 0.3) is 5.91 Å². The molecule has 4 nitrogen and oxygen atoms in total. The summed E-state index contributed by atoms with van der Waals surface area (Å²) in [5, 5.41) is 2.72. The number of carbonyl (C=O) groups excluding carboxylic acids is 1. The van der Waals surface area contributed by atoms with E-state index in [-0.39, 0.29) is 12.2 Å². The lowest BCUT2D eigenvalue weighted by Crippen LogP contribution is -2.14. The van der Waals surface area contributed by atoms with E-state index in [0.29, 0.717) is 11.3 Å². The highest BCUT2D eigenvalue weighted by Crippen LogP contribution is 2.17. The molecule has 2 aromatic rings. The number of hydrogen-bond donors (Lipinski definition) is 2. The zero-order valence-electron chi connectivity index (χ0n) is 11.5. The van der Waals surface area contributed by atoms with Crippen molar-refractivity contribution in [2.45, 2.75) is 6.92 Å². The van der Waals surface area contributed by atoms with Crippen molar-refractivity contribution in [3.05, 3.63) is 59.2 Å². The van der Waals surface area contributed by atoms with Crippen molar-refractivity contribution in [1.29, 1.82) is 0 Å². The van der Waals surface area contributed by atoms with Gasteiger partial charge >= 0.3 is 0 Å². The summed E-state index contributed by atoms with van der Waals surface area (Å²) in [6.45, 7) is 2.17. The molecule has 0 aliphatic carbocycles. The summed E-state index contributed by atoms with van der Waals surface area (Å²) in [6.07, 6.45) is 0.999. The highest BCUT2D eigenvalue weighted by atomic mass is 19.1. The molecule has 21 heavy (non-hydrogen) atoms. The Kier molecular flexibility index (Phi) is 4.64. The highest BCUT2D eigenvalue weighted by Gasteiger charge is 2.10. The van der Waals surface area contributed by atoms with E-state index >= 15 is 0 Å². The summed E-state index contributed by atoms with van der Waals surface area (Å²) in [7, 11) is 0. The van der Waals surface area contributed by atoms with Gasteiger partial charge in [-0.3, -0.25) is 4.79 Å². The molecule has 1 heterocycles. The second-order valence-corrected chi connectivity index (χ2v) is 4.37. The van der Waals surface area contributed by atoms with Crippen molar-refractivity contribution in [2.24, 2.45) is 5.73 Å². The number of benzene rings is 1. The molecule has 2 rings (SSSR count). The number of aryl methyl sites for hydroxylation is 1. The number of pyridine rings is 1. The first-order valence-corrected chi connectivity index (χ1v) is 6.32. The highest BCUT2D eigenvalue weighted by molar-refractivity contribution is 6.03. The van der Waals surface area contributed by atoms with Crippen molar-refractivity contribution in [1.82, 2.24) is 4.98 Å². The Bertz CT molecular complexity index is 715. The van der Waals surface area contributed by atoms with Crippen LogP contribution in [0.1, 0.15) is 21.6 Å². The van der Waals surface area contributed by atoms with Gasteiger partial charge in [0, 0.05) is 5.56 Å². The molecular formula is C16H14FN3O. The summed E-state index contributed by atoms with van der Waals surface area (Å²) in [5.74, 6) is 4.75. The minimum absolute atomic E-state index is 0.134. The van der Waals surface area contributed by atoms with Crippen LogP contribution >= 0.6 is 0 Å².